The minimum absolute atomic E-state index is 0.118. The zero-order valence-electron chi connectivity index (χ0n) is 17.5. The Labute approximate surface area is 189 Å². The van der Waals surface area contributed by atoms with E-state index in [4.69, 9.17) is 9.72 Å². The second kappa shape index (κ2) is 9.36. The Morgan fingerprint density at radius 3 is 2.84 bits per heavy atom. The summed E-state index contributed by atoms with van der Waals surface area (Å²) in [5.41, 5.74) is 3.86. The Morgan fingerprint density at radius 1 is 1.23 bits per heavy atom. The highest BCUT2D eigenvalue weighted by Gasteiger charge is 2.21. The van der Waals surface area contributed by atoms with E-state index in [9.17, 15) is 4.79 Å². The summed E-state index contributed by atoms with van der Waals surface area (Å²) in [6, 6.07) is 15.8. The van der Waals surface area contributed by atoms with E-state index in [1.54, 1.807) is 30.0 Å². The third-order valence-electron chi connectivity index (χ3n) is 4.61. The number of carbonyl (C=O) groups excluding carboxylic acids is 1. The normalized spacial score (nSPS) is 10.8. The number of anilines is 2. The molecule has 0 saturated carbocycles. The lowest BCUT2D eigenvalue weighted by Gasteiger charge is -2.20. The number of amides is 1. The van der Waals surface area contributed by atoms with E-state index in [0.717, 1.165) is 16.5 Å². The summed E-state index contributed by atoms with van der Waals surface area (Å²) >= 11 is 3.05. The van der Waals surface area contributed by atoms with Crippen molar-refractivity contribution in [1.29, 1.82) is 0 Å². The van der Waals surface area contributed by atoms with E-state index in [2.05, 4.69) is 34.7 Å². The smallest absolute Gasteiger partial charge is 0.230 e. The van der Waals surface area contributed by atoms with E-state index < -0.39 is 0 Å². The van der Waals surface area contributed by atoms with Crippen molar-refractivity contribution >= 4 is 39.8 Å². The van der Waals surface area contributed by atoms with E-state index >= 15 is 0 Å². The van der Waals surface area contributed by atoms with Crippen molar-refractivity contribution in [3.05, 3.63) is 77.6 Å². The fourth-order valence-electron chi connectivity index (χ4n) is 3.20. The number of carbonyl (C=O) groups is 1. The van der Waals surface area contributed by atoms with Crippen LogP contribution in [0.25, 0.3) is 5.69 Å². The van der Waals surface area contributed by atoms with E-state index in [0.29, 0.717) is 22.3 Å². The van der Waals surface area contributed by atoms with Crippen molar-refractivity contribution in [2.75, 3.05) is 12.0 Å². The van der Waals surface area contributed by atoms with Crippen molar-refractivity contribution in [3.63, 3.8) is 0 Å². The van der Waals surface area contributed by atoms with Gasteiger partial charge in [0.15, 0.2) is 10.3 Å². The summed E-state index contributed by atoms with van der Waals surface area (Å²) in [6.45, 7) is 3.60. The SMILES string of the molecule is COc1ccccc1N(C(C)=O)c1nc(CSc2nccn2-c2cccc(C)c2)cs1. The average molecular weight is 451 g/mol. The molecule has 1 amide bonds. The number of aryl methyl sites for hydroxylation is 1. The van der Waals surface area contributed by atoms with Crippen molar-refractivity contribution in [1.82, 2.24) is 14.5 Å². The maximum absolute atomic E-state index is 12.4. The zero-order valence-corrected chi connectivity index (χ0v) is 19.1. The van der Waals surface area contributed by atoms with Gasteiger partial charge in [0.25, 0.3) is 0 Å². The van der Waals surface area contributed by atoms with Gasteiger partial charge in [-0.15, -0.1) is 11.3 Å². The van der Waals surface area contributed by atoms with Crippen molar-refractivity contribution in [2.45, 2.75) is 24.8 Å². The molecule has 0 saturated heterocycles. The highest BCUT2D eigenvalue weighted by atomic mass is 32.2. The molecule has 4 aromatic rings. The Balaban J connectivity index is 1.54. The molecule has 6 nitrogen and oxygen atoms in total. The predicted molar refractivity (Wildman–Crippen MR) is 126 cm³/mol. The number of thioether (sulfide) groups is 1. The first-order chi connectivity index (χ1) is 15.1. The molecule has 8 heteroatoms. The summed E-state index contributed by atoms with van der Waals surface area (Å²) in [5.74, 6) is 1.16. The van der Waals surface area contributed by atoms with E-state index in [-0.39, 0.29) is 5.91 Å². The first kappa shape index (κ1) is 21.1. The lowest BCUT2D eigenvalue weighted by atomic mass is 10.2. The number of benzene rings is 2. The van der Waals surface area contributed by atoms with Gasteiger partial charge in [-0.05, 0) is 36.8 Å². The molecule has 0 spiro atoms. The number of ether oxygens (including phenoxy) is 1. The van der Waals surface area contributed by atoms with Crippen LogP contribution in [0, 0.1) is 6.92 Å². The topological polar surface area (TPSA) is 60.2 Å². The number of rotatable bonds is 7. The number of hydrogen-bond donors (Lipinski definition) is 0. The fraction of sp³-hybridized carbons (Fsp3) is 0.174. The highest BCUT2D eigenvalue weighted by molar-refractivity contribution is 7.98. The molecule has 0 fully saturated rings. The second-order valence-corrected chi connectivity index (χ2v) is 8.63. The van der Waals surface area contributed by atoms with Crippen LogP contribution in [0.15, 0.2) is 71.5 Å². The molecule has 2 aromatic carbocycles. The van der Waals surface area contributed by atoms with Crippen molar-refractivity contribution < 1.29 is 9.53 Å². The largest absolute Gasteiger partial charge is 0.495 e. The first-order valence-electron chi connectivity index (χ1n) is 9.68. The molecule has 0 bridgehead atoms. The number of hydrogen-bond acceptors (Lipinski definition) is 6. The number of para-hydroxylation sites is 2. The summed E-state index contributed by atoms with van der Waals surface area (Å²) in [5, 5.41) is 3.50. The Bertz CT molecular complexity index is 1200. The number of aromatic nitrogens is 3. The number of nitrogens with zero attached hydrogens (tertiary/aromatic N) is 4. The van der Waals surface area contributed by atoms with Crippen LogP contribution in [0.5, 0.6) is 5.75 Å². The van der Waals surface area contributed by atoms with E-state index in [1.165, 1.54) is 23.8 Å². The average Bonchev–Trinajstić information content (AvgIpc) is 3.42. The third kappa shape index (κ3) is 4.65. The van der Waals surface area contributed by atoms with Gasteiger partial charge in [0, 0.05) is 36.1 Å². The minimum Gasteiger partial charge on any atom is -0.495 e. The Kier molecular flexibility index (Phi) is 6.39. The maximum Gasteiger partial charge on any atom is 0.230 e. The van der Waals surface area contributed by atoms with Gasteiger partial charge in [-0.1, -0.05) is 36.0 Å². The summed E-state index contributed by atoms with van der Waals surface area (Å²) in [7, 11) is 1.59. The van der Waals surface area contributed by atoms with Gasteiger partial charge < -0.3 is 4.74 Å². The van der Waals surface area contributed by atoms with Crippen LogP contribution in [0.1, 0.15) is 18.2 Å². The third-order valence-corrected chi connectivity index (χ3v) is 6.48. The number of imidazole rings is 1. The molecule has 0 unspecified atom stereocenters. The molecule has 2 aromatic heterocycles. The van der Waals surface area contributed by atoms with Gasteiger partial charge in [-0.2, -0.15) is 0 Å². The highest BCUT2D eigenvalue weighted by Crippen LogP contribution is 2.36. The zero-order chi connectivity index (χ0) is 21.8. The minimum atomic E-state index is -0.118. The molecule has 0 N–H and O–H groups in total. The monoisotopic (exact) mass is 450 g/mol. The van der Waals surface area contributed by atoms with Gasteiger partial charge in [0.05, 0.1) is 18.5 Å². The summed E-state index contributed by atoms with van der Waals surface area (Å²) in [6.07, 6.45) is 3.76. The van der Waals surface area contributed by atoms with Crippen LogP contribution < -0.4 is 9.64 Å². The van der Waals surface area contributed by atoms with Gasteiger partial charge in [0.2, 0.25) is 5.91 Å². The molecule has 0 aliphatic carbocycles. The molecule has 158 valence electrons. The Morgan fingerprint density at radius 2 is 2.06 bits per heavy atom. The van der Waals surface area contributed by atoms with Crippen LogP contribution in [0.4, 0.5) is 10.8 Å². The lowest BCUT2D eigenvalue weighted by molar-refractivity contribution is -0.115. The first-order valence-corrected chi connectivity index (χ1v) is 11.5. The van der Waals surface area contributed by atoms with Gasteiger partial charge >= 0.3 is 0 Å². The maximum atomic E-state index is 12.4. The fourth-order valence-corrected chi connectivity index (χ4v) is 5.05. The van der Waals surface area contributed by atoms with Crippen LogP contribution in [0.2, 0.25) is 0 Å². The van der Waals surface area contributed by atoms with Crippen molar-refractivity contribution in [2.24, 2.45) is 0 Å². The Hall–Kier alpha value is -3.10. The van der Waals surface area contributed by atoms with Crippen LogP contribution in [-0.2, 0) is 10.5 Å². The molecular formula is C23H22N4O2S2. The molecule has 0 aliphatic rings. The van der Waals surface area contributed by atoms with Gasteiger partial charge in [0.1, 0.15) is 5.75 Å². The molecule has 0 radical (unpaired) electrons. The molecule has 0 atom stereocenters. The van der Waals surface area contributed by atoms with Crippen LogP contribution >= 0.6 is 23.1 Å². The summed E-state index contributed by atoms with van der Waals surface area (Å²) in [4.78, 5) is 23.2. The van der Waals surface area contributed by atoms with E-state index in [1.807, 2.05) is 41.9 Å². The lowest BCUT2D eigenvalue weighted by Crippen LogP contribution is -2.23. The van der Waals surface area contributed by atoms with Crippen LogP contribution in [-0.4, -0.2) is 27.6 Å². The summed E-state index contributed by atoms with van der Waals surface area (Å²) < 4.78 is 7.50. The molecule has 2 heterocycles. The van der Waals surface area contributed by atoms with Gasteiger partial charge in [-0.25, -0.2) is 9.97 Å². The standard InChI is InChI=1S/C23H22N4O2S2/c1-16-7-6-8-19(13-16)26-12-11-24-22(26)30-14-18-15-31-23(25-18)27(17(2)28)20-9-4-5-10-21(20)29-3/h4-13,15H,14H2,1-3H3. The van der Waals surface area contributed by atoms with Crippen molar-refractivity contribution in [3.8, 4) is 11.4 Å². The molecule has 4 rings (SSSR count). The van der Waals surface area contributed by atoms with Crippen LogP contribution in [0.3, 0.4) is 0 Å². The predicted octanol–water partition coefficient (Wildman–Crippen LogP) is 5.62. The molecule has 31 heavy (non-hydrogen) atoms. The molecule has 0 aliphatic heterocycles. The van der Waals surface area contributed by atoms with Gasteiger partial charge in [-0.3, -0.25) is 14.3 Å². The number of methoxy groups -OCH3 is 1. The quantitative estimate of drug-likeness (QED) is 0.342. The number of thiazole rings is 1. The second-order valence-electron chi connectivity index (χ2n) is 6.86. The molecular weight excluding hydrogens is 428 g/mol.